The zero-order valence-electron chi connectivity index (χ0n) is 20.8. The monoisotopic (exact) mass is 552 g/mol. The quantitative estimate of drug-likeness (QED) is 0.296. The first kappa shape index (κ1) is 27.3. The van der Waals surface area contributed by atoms with E-state index in [0.29, 0.717) is 17.5 Å². The number of alkyl halides is 2. The summed E-state index contributed by atoms with van der Waals surface area (Å²) in [6.07, 6.45) is 3.41. The van der Waals surface area contributed by atoms with Gasteiger partial charge in [-0.25, -0.2) is 22.7 Å². The Labute approximate surface area is 215 Å². The maximum Gasteiger partial charge on any atom is 0.399 e. The van der Waals surface area contributed by atoms with Crippen molar-refractivity contribution in [2.45, 2.75) is 59.5 Å². The largest absolute Gasteiger partial charge is 0.399 e. The molecule has 15 heteroatoms. The molecule has 0 unspecified atom stereocenters. The highest BCUT2D eigenvalue weighted by Gasteiger charge is 2.25. The van der Waals surface area contributed by atoms with Crippen LogP contribution in [0, 0.1) is 0 Å². The predicted molar refractivity (Wildman–Crippen MR) is 133 cm³/mol. The number of imidazole rings is 1. The summed E-state index contributed by atoms with van der Waals surface area (Å²) in [5.74, 6) is -2.96. The molecule has 0 aliphatic carbocycles. The number of fused-ring (bicyclic) bond motifs is 1. The first-order valence-electron chi connectivity index (χ1n) is 11.7. The minimum atomic E-state index is -4.88. The van der Waals surface area contributed by atoms with Gasteiger partial charge < -0.3 is 0 Å². The molecule has 0 spiro atoms. The van der Waals surface area contributed by atoms with Gasteiger partial charge in [-0.15, -0.1) is 0 Å². The Morgan fingerprint density at radius 2 is 1.87 bits per heavy atom. The smallest absolute Gasteiger partial charge is 0.292 e. The van der Waals surface area contributed by atoms with Crippen LogP contribution in [-0.2, 0) is 46.9 Å². The van der Waals surface area contributed by atoms with E-state index in [4.69, 9.17) is 4.55 Å². The Balaban J connectivity index is 1.85. The summed E-state index contributed by atoms with van der Waals surface area (Å²) < 4.78 is 68.8. The van der Waals surface area contributed by atoms with Gasteiger partial charge in [0.2, 0.25) is 0 Å². The van der Waals surface area contributed by atoms with Gasteiger partial charge in [-0.3, -0.25) is 27.7 Å². The molecule has 0 aliphatic rings. The molecule has 3 aromatic heterocycles. The molecular formula is C23H26F2N6O6S. The van der Waals surface area contributed by atoms with Crippen LogP contribution in [0.2, 0.25) is 0 Å². The van der Waals surface area contributed by atoms with Crippen LogP contribution < -0.4 is 11.2 Å². The van der Waals surface area contributed by atoms with Gasteiger partial charge in [0.15, 0.2) is 11.2 Å². The van der Waals surface area contributed by atoms with Gasteiger partial charge in [0, 0.05) is 31.8 Å². The van der Waals surface area contributed by atoms with E-state index in [1.54, 1.807) is 19.9 Å². The van der Waals surface area contributed by atoms with Crippen LogP contribution in [0.1, 0.15) is 38.3 Å². The normalized spacial score (nSPS) is 12.5. The summed E-state index contributed by atoms with van der Waals surface area (Å²) in [4.78, 5) is 30.7. The van der Waals surface area contributed by atoms with Crippen LogP contribution in [0.15, 0.2) is 46.2 Å². The molecule has 0 amide bonds. The molecule has 0 bridgehead atoms. The summed E-state index contributed by atoms with van der Waals surface area (Å²) in [5, 5.41) is 4.24. The molecule has 0 fully saturated rings. The van der Waals surface area contributed by atoms with Crippen LogP contribution in [0.4, 0.5) is 8.78 Å². The Kier molecular flexibility index (Phi) is 7.36. The summed E-state index contributed by atoms with van der Waals surface area (Å²) >= 11 is 0. The van der Waals surface area contributed by atoms with Crippen molar-refractivity contribution in [3.05, 3.63) is 68.6 Å². The van der Waals surface area contributed by atoms with Crippen molar-refractivity contribution in [2.24, 2.45) is 0 Å². The molecule has 0 aliphatic heterocycles. The Morgan fingerprint density at radius 1 is 1.13 bits per heavy atom. The Morgan fingerprint density at radius 3 is 2.50 bits per heavy atom. The molecule has 4 rings (SSSR count). The number of hydrogen-bond acceptors (Lipinski definition) is 7. The van der Waals surface area contributed by atoms with E-state index in [-0.39, 0.29) is 42.2 Å². The fourth-order valence-corrected chi connectivity index (χ4v) is 4.40. The molecule has 0 radical (unpaired) electrons. The van der Waals surface area contributed by atoms with Crippen molar-refractivity contribution < 1.29 is 25.9 Å². The lowest BCUT2D eigenvalue weighted by molar-refractivity contribution is 0.0174. The molecule has 3 heterocycles. The first-order chi connectivity index (χ1) is 17.8. The van der Waals surface area contributed by atoms with Crippen LogP contribution in [0.3, 0.4) is 0 Å². The molecule has 1 N–H and O–H groups in total. The summed E-state index contributed by atoms with van der Waals surface area (Å²) in [6.45, 7) is 3.93. The number of halogens is 2. The maximum atomic E-state index is 13.7. The predicted octanol–water partition coefficient (Wildman–Crippen LogP) is 2.59. The number of benzene rings is 1. The summed E-state index contributed by atoms with van der Waals surface area (Å²) in [5.41, 5.74) is -0.607. The Bertz CT molecular complexity index is 1710. The highest BCUT2D eigenvalue weighted by atomic mass is 32.3. The second-order valence-electron chi connectivity index (χ2n) is 8.71. The van der Waals surface area contributed by atoms with Gasteiger partial charge in [0.05, 0.1) is 18.3 Å². The lowest BCUT2D eigenvalue weighted by Gasteiger charge is -2.12. The summed E-state index contributed by atoms with van der Waals surface area (Å²) in [7, 11) is -4.88. The van der Waals surface area contributed by atoms with E-state index in [2.05, 4.69) is 14.3 Å². The molecule has 0 saturated heterocycles. The molecule has 204 valence electrons. The lowest BCUT2D eigenvalue weighted by Crippen LogP contribution is -2.40. The third kappa shape index (κ3) is 5.44. The van der Waals surface area contributed by atoms with Gasteiger partial charge in [0.1, 0.15) is 12.6 Å². The highest BCUT2D eigenvalue weighted by Crippen LogP contribution is 2.28. The van der Waals surface area contributed by atoms with E-state index in [9.17, 15) is 26.8 Å². The zero-order chi connectivity index (χ0) is 27.8. The van der Waals surface area contributed by atoms with Gasteiger partial charge >= 0.3 is 16.1 Å². The minimum absolute atomic E-state index is 0.00872. The van der Waals surface area contributed by atoms with E-state index in [1.165, 1.54) is 39.8 Å². The molecule has 0 saturated carbocycles. The number of nitrogens with zero attached hydrogens (tertiary/aromatic N) is 6. The zero-order valence-corrected chi connectivity index (χ0v) is 21.7. The standard InChI is InChI=1S/C23H26F2N6O6S/c1-4-9-30-21(32)18-20(29(5-2)22(30)33)27-19(31(18)14-37-38(34,35)36)16-11-26-28(13-16)12-15-7-6-8-17(10-15)23(3,24)25/h6-8,10-11,13H,4-5,9,12,14H2,1-3H3,(H,34,35,36). The second-order valence-corrected chi connectivity index (χ2v) is 9.80. The molecule has 38 heavy (non-hydrogen) atoms. The van der Waals surface area contributed by atoms with E-state index in [1.807, 2.05) is 0 Å². The average molecular weight is 553 g/mol. The third-order valence-corrected chi connectivity index (χ3v) is 6.28. The average Bonchev–Trinajstić information content (AvgIpc) is 3.44. The van der Waals surface area contributed by atoms with Crippen LogP contribution in [0.25, 0.3) is 22.6 Å². The van der Waals surface area contributed by atoms with Crippen LogP contribution >= 0.6 is 0 Å². The van der Waals surface area contributed by atoms with Crippen molar-refractivity contribution in [2.75, 3.05) is 0 Å². The number of hydrogen-bond donors (Lipinski definition) is 1. The van der Waals surface area contributed by atoms with Crippen molar-refractivity contribution in [3.63, 3.8) is 0 Å². The van der Waals surface area contributed by atoms with E-state index in [0.717, 1.165) is 16.1 Å². The highest BCUT2D eigenvalue weighted by molar-refractivity contribution is 7.80. The second kappa shape index (κ2) is 10.2. The topological polar surface area (TPSA) is 143 Å². The van der Waals surface area contributed by atoms with Crippen molar-refractivity contribution in [1.82, 2.24) is 28.5 Å². The molecular weight excluding hydrogens is 526 g/mol. The molecule has 0 atom stereocenters. The fraction of sp³-hybridized carbons (Fsp3) is 0.391. The van der Waals surface area contributed by atoms with Crippen LogP contribution in [0.5, 0.6) is 0 Å². The van der Waals surface area contributed by atoms with Crippen molar-refractivity contribution in [1.29, 1.82) is 0 Å². The van der Waals surface area contributed by atoms with Gasteiger partial charge in [-0.05, 0) is 25.0 Å². The summed E-state index contributed by atoms with van der Waals surface area (Å²) in [6, 6.07) is 5.88. The van der Waals surface area contributed by atoms with Gasteiger partial charge in [-0.2, -0.15) is 13.5 Å². The number of aryl methyl sites for hydroxylation is 1. The molecule has 1 aromatic carbocycles. The maximum absolute atomic E-state index is 13.7. The SMILES string of the molecule is CCCn1c(=O)c2c(nc(-c3cnn(Cc4cccc(C(C)(F)F)c4)c3)n2COS(=O)(=O)O)n(CC)c1=O. The molecule has 12 nitrogen and oxygen atoms in total. The first-order valence-corrected chi connectivity index (χ1v) is 13.1. The van der Waals surface area contributed by atoms with Crippen molar-refractivity contribution >= 4 is 21.6 Å². The van der Waals surface area contributed by atoms with Crippen molar-refractivity contribution in [3.8, 4) is 11.4 Å². The van der Waals surface area contributed by atoms with Gasteiger partial charge in [-0.1, -0.05) is 25.1 Å². The number of aromatic nitrogens is 6. The lowest BCUT2D eigenvalue weighted by atomic mass is 10.1. The van der Waals surface area contributed by atoms with Crippen LogP contribution in [-0.4, -0.2) is 41.4 Å². The van der Waals surface area contributed by atoms with Gasteiger partial charge in [0.25, 0.3) is 11.5 Å². The fourth-order valence-electron chi connectivity index (χ4n) is 4.16. The number of rotatable bonds is 10. The molecule has 4 aromatic rings. The minimum Gasteiger partial charge on any atom is -0.292 e. The third-order valence-electron chi connectivity index (χ3n) is 5.88. The van der Waals surface area contributed by atoms with E-state index >= 15 is 0 Å². The Hall–Kier alpha value is -3.69. The van der Waals surface area contributed by atoms with E-state index < -0.39 is 34.3 Å².